The van der Waals surface area contributed by atoms with Gasteiger partial charge in [-0.3, -0.25) is 4.79 Å². The van der Waals surface area contributed by atoms with Crippen LogP contribution < -0.4 is 5.32 Å². The van der Waals surface area contributed by atoms with E-state index in [9.17, 15) is 4.79 Å². The molecule has 100 valence electrons. The third-order valence-corrected chi connectivity index (χ3v) is 3.68. The van der Waals surface area contributed by atoms with Gasteiger partial charge in [-0.1, -0.05) is 27.7 Å². The fraction of sp³-hybridized carbons (Fsp3) is 0.929. The number of amides is 1. The maximum atomic E-state index is 12.1. The van der Waals surface area contributed by atoms with Gasteiger partial charge in [0.2, 0.25) is 5.91 Å². The smallest absolute Gasteiger partial charge is 0.225 e. The van der Waals surface area contributed by atoms with E-state index >= 15 is 0 Å². The Balaban J connectivity index is 2.40. The van der Waals surface area contributed by atoms with E-state index in [2.05, 4.69) is 31.0 Å². The zero-order chi connectivity index (χ0) is 12.8. The predicted molar refractivity (Wildman–Crippen MR) is 71.9 cm³/mol. The summed E-state index contributed by atoms with van der Waals surface area (Å²) in [5.74, 6) is 1.17. The van der Waals surface area contributed by atoms with E-state index in [1.807, 2.05) is 6.92 Å². The van der Waals surface area contributed by atoms with E-state index in [1.165, 1.54) is 6.42 Å². The first-order valence-electron chi connectivity index (χ1n) is 7.06. The molecule has 1 N–H and O–H groups in total. The summed E-state index contributed by atoms with van der Waals surface area (Å²) < 4.78 is 0. The Morgan fingerprint density at radius 1 is 1.41 bits per heavy atom. The molecule has 0 aromatic carbocycles. The van der Waals surface area contributed by atoms with Crippen molar-refractivity contribution in [3.05, 3.63) is 0 Å². The fourth-order valence-electron chi connectivity index (χ4n) is 2.32. The molecule has 3 heteroatoms. The van der Waals surface area contributed by atoms with E-state index in [1.54, 1.807) is 0 Å². The lowest BCUT2D eigenvalue weighted by atomic mass is 9.96. The molecule has 0 saturated carbocycles. The average Bonchev–Trinajstić information content (AvgIpc) is 2.34. The highest BCUT2D eigenvalue weighted by Crippen LogP contribution is 2.18. The number of likely N-dealkylation sites (tertiary alicyclic amines) is 1. The predicted octanol–water partition coefficient (Wildman–Crippen LogP) is 2.27. The van der Waals surface area contributed by atoms with Gasteiger partial charge in [0, 0.05) is 25.0 Å². The lowest BCUT2D eigenvalue weighted by Crippen LogP contribution is -2.45. The molecule has 0 bridgehead atoms. The zero-order valence-corrected chi connectivity index (χ0v) is 11.8. The summed E-state index contributed by atoms with van der Waals surface area (Å²) >= 11 is 0. The van der Waals surface area contributed by atoms with E-state index < -0.39 is 0 Å². The largest absolute Gasteiger partial charge is 0.342 e. The number of nitrogens with zero attached hydrogens (tertiary/aromatic N) is 1. The molecule has 0 aromatic rings. The number of carbonyl (C=O) groups is 1. The van der Waals surface area contributed by atoms with Crippen LogP contribution in [0.4, 0.5) is 0 Å². The highest BCUT2D eigenvalue weighted by Gasteiger charge is 2.25. The Morgan fingerprint density at radius 2 is 2.12 bits per heavy atom. The summed E-state index contributed by atoms with van der Waals surface area (Å²) in [5.41, 5.74) is 0. The molecule has 0 aliphatic carbocycles. The summed E-state index contributed by atoms with van der Waals surface area (Å²) in [6.45, 7) is 11.4. The molecule has 1 aliphatic heterocycles. The van der Waals surface area contributed by atoms with Crippen molar-refractivity contribution in [2.24, 2.45) is 11.8 Å². The molecule has 17 heavy (non-hydrogen) atoms. The topological polar surface area (TPSA) is 32.3 Å². The molecular formula is C14H28N2O. The molecule has 1 saturated heterocycles. The molecule has 0 aromatic heterocycles. The van der Waals surface area contributed by atoms with Crippen LogP contribution >= 0.6 is 0 Å². The Morgan fingerprint density at radius 3 is 2.71 bits per heavy atom. The van der Waals surface area contributed by atoms with Crippen molar-refractivity contribution < 1.29 is 4.79 Å². The van der Waals surface area contributed by atoms with E-state index in [0.29, 0.717) is 17.9 Å². The molecule has 2 unspecified atom stereocenters. The summed E-state index contributed by atoms with van der Waals surface area (Å²) in [6, 6.07) is 0.538. The minimum atomic E-state index is 0.187. The first-order chi connectivity index (χ1) is 8.04. The van der Waals surface area contributed by atoms with E-state index in [0.717, 1.165) is 32.5 Å². The zero-order valence-electron chi connectivity index (χ0n) is 11.8. The number of rotatable bonds is 5. The fourth-order valence-corrected chi connectivity index (χ4v) is 2.32. The molecule has 1 aliphatic rings. The van der Waals surface area contributed by atoms with Crippen LogP contribution in [0.1, 0.15) is 47.0 Å². The quantitative estimate of drug-likeness (QED) is 0.799. The Hall–Kier alpha value is -0.570. The van der Waals surface area contributed by atoms with E-state index in [4.69, 9.17) is 0 Å². The molecule has 1 fully saturated rings. The monoisotopic (exact) mass is 240 g/mol. The lowest BCUT2D eigenvalue weighted by Gasteiger charge is -2.34. The number of nitrogens with one attached hydrogen (secondary N) is 1. The van der Waals surface area contributed by atoms with Gasteiger partial charge in [-0.05, 0) is 31.7 Å². The molecule has 1 heterocycles. The first-order valence-corrected chi connectivity index (χ1v) is 7.06. The van der Waals surface area contributed by atoms with Crippen LogP contribution in [0.25, 0.3) is 0 Å². The summed E-state index contributed by atoms with van der Waals surface area (Å²) in [7, 11) is 0. The van der Waals surface area contributed by atoms with Gasteiger partial charge < -0.3 is 10.2 Å². The lowest BCUT2D eigenvalue weighted by molar-refractivity contribution is -0.136. The standard InChI is InChI=1S/C14H28N2O/c1-5-12(4)14(17)16-8-6-7-13(10-16)9-15-11(2)3/h11-13,15H,5-10H2,1-4H3. The van der Waals surface area contributed by atoms with Crippen LogP contribution in [-0.4, -0.2) is 36.5 Å². The number of piperidine rings is 1. The van der Waals surface area contributed by atoms with Crippen molar-refractivity contribution in [3.8, 4) is 0 Å². The Labute approximate surface area is 106 Å². The molecule has 1 rings (SSSR count). The summed E-state index contributed by atoms with van der Waals surface area (Å²) in [4.78, 5) is 14.2. The normalized spacial score (nSPS) is 22.9. The van der Waals surface area contributed by atoms with Gasteiger partial charge in [-0.2, -0.15) is 0 Å². The Kier molecular flexibility index (Phi) is 5.96. The molecule has 0 spiro atoms. The third-order valence-electron chi connectivity index (χ3n) is 3.68. The molecule has 1 amide bonds. The van der Waals surface area contributed by atoms with Gasteiger partial charge in [0.05, 0.1) is 0 Å². The van der Waals surface area contributed by atoms with Crippen LogP contribution in [0.5, 0.6) is 0 Å². The molecule has 2 atom stereocenters. The van der Waals surface area contributed by atoms with Crippen LogP contribution in [0.3, 0.4) is 0 Å². The first kappa shape index (κ1) is 14.5. The van der Waals surface area contributed by atoms with Crippen molar-refractivity contribution in [3.63, 3.8) is 0 Å². The maximum Gasteiger partial charge on any atom is 0.225 e. The molecular weight excluding hydrogens is 212 g/mol. The minimum Gasteiger partial charge on any atom is -0.342 e. The SMILES string of the molecule is CCC(C)C(=O)N1CCCC(CNC(C)C)C1. The highest BCUT2D eigenvalue weighted by atomic mass is 16.2. The van der Waals surface area contributed by atoms with Gasteiger partial charge in [0.25, 0.3) is 0 Å². The number of hydrogen-bond donors (Lipinski definition) is 1. The summed E-state index contributed by atoms with van der Waals surface area (Å²) in [5, 5.41) is 3.48. The second kappa shape index (κ2) is 7.00. The van der Waals surface area contributed by atoms with Gasteiger partial charge in [0.1, 0.15) is 0 Å². The second-order valence-corrected chi connectivity index (χ2v) is 5.66. The van der Waals surface area contributed by atoms with Gasteiger partial charge in [-0.15, -0.1) is 0 Å². The molecule has 3 nitrogen and oxygen atoms in total. The average molecular weight is 240 g/mol. The molecule has 0 radical (unpaired) electrons. The minimum absolute atomic E-state index is 0.187. The van der Waals surface area contributed by atoms with Crippen molar-refractivity contribution in [2.45, 2.75) is 53.0 Å². The van der Waals surface area contributed by atoms with Crippen LogP contribution in [0.15, 0.2) is 0 Å². The van der Waals surface area contributed by atoms with Crippen molar-refractivity contribution in [2.75, 3.05) is 19.6 Å². The van der Waals surface area contributed by atoms with Crippen molar-refractivity contribution in [1.29, 1.82) is 0 Å². The van der Waals surface area contributed by atoms with E-state index in [-0.39, 0.29) is 5.92 Å². The highest BCUT2D eigenvalue weighted by molar-refractivity contribution is 5.78. The van der Waals surface area contributed by atoms with Crippen LogP contribution in [-0.2, 0) is 4.79 Å². The van der Waals surface area contributed by atoms with Gasteiger partial charge >= 0.3 is 0 Å². The van der Waals surface area contributed by atoms with Crippen molar-refractivity contribution in [1.82, 2.24) is 10.2 Å². The summed E-state index contributed by atoms with van der Waals surface area (Å²) in [6.07, 6.45) is 3.36. The maximum absolute atomic E-state index is 12.1. The van der Waals surface area contributed by atoms with Gasteiger partial charge in [0.15, 0.2) is 0 Å². The van der Waals surface area contributed by atoms with Crippen molar-refractivity contribution >= 4 is 5.91 Å². The van der Waals surface area contributed by atoms with Crippen LogP contribution in [0, 0.1) is 11.8 Å². The third kappa shape index (κ3) is 4.66. The number of carbonyl (C=O) groups excluding carboxylic acids is 1. The Bertz CT molecular complexity index is 240. The van der Waals surface area contributed by atoms with Gasteiger partial charge in [-0.25, -0.2) is 0 Å². The second-order valence-electron chi connectivity index (χ2n) is 5.66. The van der Waals surface area contributed by atoms with Crippen LogP contribution in [0.2, 0.25) is 0 Å². The number of hydrogen-bond acceptors (Lipinski definition) is 2.